The molecule has 1 aliphatic heterocycles. The average molecular weight is 355 g/mol. The largest absolute Gasteiger partial charge is 0.505 e. The first-order valence-electron chi connectivity index (χ1n) is 7.43. The molecule has 0 saturated heterocycles. The smallest absolute Gasteiger partial charge is 0.262 e. The van der Waals surface area contributed by atoms with Crippen LogP contribution in [0.1, 0.15) is 17.0 Å². The number of sulfonamides is 1. The highest BCUT2D eigenvalue weighted by molar-refractivity contribution is 7.90. The predicted molar refractivity (Wildman–Crippen MR) is 93.3 cm³/mol. The minimum atomic E-state index is -3.89. The Morgan fingerprint density at radius 2 is 1.88 bits per heavy atom. The molecule has 126 valence electrons. The molecule has 2 aromatic carbocycles. The van der Waals surface area contributed by atoms with E-state index in [0.717, 1.165) is 5.56 Å². The van der Waals surface area contributed by atoms with Gasteiger partial charge in [0.1, 0.15) is 5.70 Å². The van der Waals surface area contributed by atoms with Crippen LogP contribution in [0.5, 0.6) is 0 Å². The fourth-order valence-corrected chi connectivity index (χ4v) is 4.15. The molecule has 3 aromatic rings. The zero-order valence-corrected chi connectivity index (χ0v) is 13.9. The quantitative estimate of drug-likeness (QED) is 0.617. The number of aliphatic hydroxyl groups is 1. The van der Waals surface area contributed by atoms with Crippen LogP contribution in [-0.4, -0.2) is 23.5 Å². The summed E-state index contributed by atoms with van der Waals surface area (Å²) in [5, 5.41) is 10.9. The second-order valence-electron chi connectivity index (χ2n) is 5.76. The molecule has 7 nitrogen and oxygen atoms in total. The van der Waals surface area contributed by atoms with E-state index in [4.69, 9.17) is 0 Å². The lowest BCUT2D eigenvalue weighted by molar-refractivity contribution is 0.505. The van der Waals surface area contributed by atoms with Gasteiger partial charge < -0.3 is 10.1 Å². The molecule has 1 aromatic heterocycles. The van der Waals surface area contributed by atoms with Gasteiger partial charge in [-0.2, -0.15) is 0 Å². The maximum Gasteiger partial charge on any atom is 0.262 e. The van der Waals surface area contributed by atoms with E-state index in [-0.39, 0.29) is 27.7 Å². The highest BCUT2D eigenvalue weighted by Gasteiger charge is 2.31. The van der Waals surface area contributed by atoms with Crippen molar-refractivity contribution in [3.63, 3.8) is 0 Å². The van der Waals surface area contributed by atoms with Crippen LogP contribution in [0.3, 0.4) is 0 Å². The Bertz CT molecular complexity index is 1230. The number of hydrogen-bond donors (Lipinski definition) is 3. The molecule has 25 heavy (non-hydrogen) atoms. The molecular formula is C17H13N3O4S. The third-order valence-corrected chi connectivity index (χ3v) is 5.39. The summed E-state index contributed by atoms with van der Waals surface area (Å²) < 4.78 is 27.4. The van der Waals surface area contributed by atoms with Gasteiger partial charge in [0.15, 0.2) is 11.6 Å². The molecule has 8 heteroatoms. The maximum absolute atomic E-state index is 12.5. The third kappa shape index (κ3) is 2.38. The number of nitrogens with zero attached hydrogens (tertiary/aromatic N) is 1. The molecule has 0 atom stereocenters. The van der Waals surface area contributed by atoms with Crippen molar-refractivity contribution in [3.05, 3.63) is 69.8 Å². The number of para-hydroxylation sites is 1. The van der Waals surface area contributed by atoms with Gasteiger partial charge in [0.05, 0.1) is 15.8 Å². The first-order chi connectivity index (χ1) is 11.9. The van der Waals surface area contributed by atoms with Crippen LogP contribution >= 0.6 is 0 Å². The van der Waals surface area contributed by atoms with Gasteiger partial charge in [-0.15, -0.1) is 0 Å². The molecule has 4 rings (SSSR count). The van der Waals surface area contributed by atoms with E-state index >= 15 is 0 Å². The second-order valence-corrected chi connectivity index (χ2v) is 7.41. The van der Waals surface area contributed by atoms with E-state index in [1.807, 2.05) is 0 Å². The second kappa shape index (κ2) is 5.18. The first-order valence-corrected chi connectivity index (χ1v) is 8.92. The van der Waals surface area contributed by atoms with Gasteiger partial charge >= 0.3 is 0 Å². The number of aryl methyl sites for hydroxylation is 1. The van der Waals surface area contributed by atoms with Gasteiger partial charge in [0, 0.05) is 5.56 Å². The summed E-state index contributed by atoms with van der Waals surface area (Å²) in [6, 6.07) is 11.4. The van der Waals surface area contributed by atoms with E-state index in [1.165, 1.54) is 12.1 Å². The van der Waals surface area contributed by atoms with Crippen molar-refractivity contribution in [2.45, 2.75) is 11.8 Å². The number of aliphatic hydroxyl groups excluding tert-OH is 1. The predicted octanol–water partition coefficient (Wildman–Crippen LogP) is 1.91. The van der Waals surface area contributed by atoms with Crippen molar-refractivity contribution in [1.29, 1.82) is 0 Å². The fourth-order valence-electron chi connectivity index (χ4n) is 2.79. The van der Waals surface area contributed by atoms with E-state index in [2.05, 4.69) is 14.7 Å². The normalized spacial score (nSPS) is 15.7. The molecule has 0 saturated carbocycles. The Kier molecular flexibility index (Phi) is 3.19. The Morgan fingerprint density at radius 3 is 2.68 bits per heavy atom. The summed E-state index contributed by atoms with van der Waals surface area (Å²) in [6.45, 7) is 1.76. The highest BCUT2D eigenvalue weighted by atomic mass is 32.2. The summed E-state index contributed by atoms with van der Waals surface area (Å²) in [5.74, 6) is -0.334. The number of aromatic nitrogens is 2. The zero-order valence-electron chi connectivity index (χ0n) is 13.1. The van der Waals surface area contributed by atoms with Gasteiger partial charge in [-0.05, 0) is 36.8 Å². The summed E-state index contributed by atoms with van der Waals surface area (Å²) >= 11 is 0. The molecule has 3 N–H and O–H groups in total. The van der Waals surface area contributed by atoms with E-state index in [9.17, 15) is 18.3 Å². The van der Waals surface area contributed by atoms with E-state index in [1.54, 1.807) is 37.3 Å². The van der Waals surface area contributed by atoms with Crippen LogP contribution in [0.15, 0.2) is 52.2 Å². The molecule has 0 amide bonds. The summed E-state index contributed by atoms with van der Waals surface area (Å²) in [7, 11) is -3.89. The molecular weight excluding hydrogens is 342 g/mol. The topological polar surface area (TPSA) is 112 Å². The summed E-state index contributed by atoms with van der Waals surface area (Å²) in [5.41, 5.74) is 0.734. The molecule has 0 aliphatic carbocycles. The van der Waals surface area contributed by atoms with E-state index < -0.39 is 15.6 Å². The SMILES string of the molecule is Cc1ccc2c(c1)S(=O)(=O)NC(c1nc3ccccc3c(=O)[nH]1)=C2O. The molecule has 0 radical (unpaired) electrons. The van der Waals surface area contributed by atoms with Crippen molar-refractivity contribution >= 4 is 32.4 Å². The van der Waals surface area contributed by atoms with Crippen LogP contribution in [0, 0.1) is 6.92 Å². The minimum Gasteiger partial charge on any atom is -0.505 e. The minimum absolute atomic E-state index is 0.0168. The van der Waals surface area contributed by atoms with Crippen LogP contribution in [0.25, 0.3) is 22.4 Å². The Balaban J connectivity index is 2.01. The number of benzene rings is 2. The Hall–Kier alpha value is -3.13. The van der Waals surface area contributed by atoms with Crippen molar-refractivity contribution in [3.8, 4) is 0 Å². The molecule has 0 bridgehead atoms. The number of nitrogens with one attached hydrogen (secondary N) is 2. The van der Waals surface area contributed by atoms with Crippen LogP contribution in [-0.2, 0) is 10.0 Å². The number of H-pyrrole nitrogens is 1. The van der Waals surface area contributed by atoms with Crippen molar-refractivity contribution in [2.24, 2.45) is 0 Å². The van der Waals surface area contributed by atoms with E-state index in [0.29, 0.717) is 10.9 Å². The standard InChI is InChI=1S/C17H13N3O4S/c1-9-6-7-11-13(8-9)25(23,24)20-14(15(11)21)16-18-12-5-3-2-4-10(12)17(22)19-16/h2-8,20-21H,1H3,(H,18,19,22). The lowest BCUT2D eigenvalue weighted by Gasteiger charge is -2.21. The maximum atomic E-state index is 12.5. The lowest BCUT2D eigenvalue weighted by atomic mass is 10.1. The first kappa shape index (κ1) is 15.4. The monoisotopic (exact) mass is 355 g/mol. The number of rotatable bonds is 1. The van der Waals surface area contributed by atoms with Crippen LogP contribution < -0.4 is 10.3 Å². The van der Waals surface area contributed by atoms with Gasteiger partial charge in [0.2, 0.25) is 0 Å². The van der Waals surface area contributed by atoms with Crippen molar-refractivity contribution in [2.75, 3.05) is 0 Å². The number of fused-ring (bicyclic) bond motifs is 2. The lowest BCUT2D eigenvalue weighted by Crippen LogP contribution is -2.30. The van der Waals surface area contributed by atoms with Gasteiger partial charge in [0.25, 0.3) is 15.6 Å². The molecule has 2 heterocycles. The van der Waals surface area contributed by atoms with Gasteiger partial charge in [-0.1, -0.05) is 18.2 Å². The van der Waals surface area contributed by atoms with Crippen molar-refractivity contribution in [1.82, 2.24) is 14.7 Å². The third-order valence-electron chi connectivity index (χ3n) is 4.00. The highest BCUT2D eigenvalue weighted by Crippen LogP contribution is 2.32. The fraction of sp³-hybridized carbons (Fsp3) is 0.0588. The number of hydrogen-bond acceptors (Lipinski definition) is 5. The molecule has 0 fully saturated rings. The zero-order chi connectivity index (χ0) is 17.8. The summed E-state index contributed by atoms with van der Waals surface area (Å²) in [6.07, 6.45) is 0. The van der Waals surface area contributed by atoms with Crippen molar-refractivity contribution < 1.29 is 13.5 Å². The van der Waals surface area contributed by atoms with Crippen LogP contribution in [0.4, 0.5) is 0 Å². The Morgan fingerprint density at radius 1 is 1.12 bits per heavy atom. The van der Waals surface area contributed by atoms with Crippen LogP contribution in [0.2, 0.25) is 0 Å². The van der Waals surface area contributed by atoms with Gasteiger partial charge in [-0.25, -0.2) is 13.4 Å². The molecule has 0 unspecified atom stereocenters. The summed E-state index contributed by atoms with van der Waals surface area (Å²) in [4.78, 5) is 19.0. The molecule has 1 aliphatic rings. The average Bonchev–Trinajstić information content (AvgIpc) is 2.58. The number of aromatic amines is 1. The Labute approximate surface area is 142 Å². The van der Waals surface area contributed by atoms with Gasteiger partial charge in [-0.3, -0.25) is 9.52 Å². The molecule has 0 spiro atoms.